The molecule has 24 heavy (non-hydrogen) atoms. The van der Waals surface area contributed by atoms with Crippen LogP contribution in [0.4, 0.5) is 0 Å². The minimum absolute atomic E-state index is 0. The first-order valence-corrected chi connectivity index (χ1v) is 8.36. The molecule has 0 saturated carbocycles. The number of hydrogen-bond donors (Lipinski definition) is 2. The molecular weight excluding hydrogens is 328 g/mol. The molecule has 1 aromatic rings. The van der Waals surface area contributed by atoms with Crippen molar-refractivity contribution in [1.29, 1.82) is 0 Å². The van der Waals surface area contributed by atoms with Gasteiger partial charge in [-0.05, 0) is 36.7 Å². The van der Waals surface area contributed by atoms with Crippen molar-refractivity contribution in [3.05, 3.63) is 23.8 Å². The fourth-order valence-corrected chi connectivity index (χ4v) is 2.91. The molecule has 0 aliphatic carbocycles. The standard InChI is InChI=1S/C18H26N2O3.ClH/c1-12(13-9-19-10-13)17(21)20-11-18(2,3)14-4-5-15-16(8-14)23-7-6-22-15;/h4-5,8,12-13,19H,6-7,9-11H2,1-3H3,(H,20,21);1H. The molecule has 1 amide bonds. The second kappa shape index (κ2) is 7.62. The van der Waals surface area contributed by atoms with Crippen LogP contribution in [-0.2, 0) is 10.2 Å². The highest BCUT2D eigenvalue weighted by Gasteiger charge is 2.30. The van der Waals surface area contributed by atoms with Crippen LogP contribution in [0.15, 0.2) is 18.2 Å². The minimum atomic E-state index is -0.164. The van der Waals surface area contributed by atoms with Gasteiger partial charge in [0.25, 0.3) is 0 Å². The smallest absolute Gasteiger partial charge is 0.223 e. The van der Waals surface area contributed by atoms with Crippen LogP contribution in [0.25, 0.3) is 0 Å². The Morgan fingerprint density at radius 2 is 1.96 bits per heavy atom. The first-order valence-electron chi connectivity index (χ1n) is 8.36. The molecule has 3 rings (SSSR count). The maximum Gasteiger partial charge on any atom is 0.223 e. The zero-order chi connectivity index (χ0) is 16.4. The maximum atomic E-state index is 12.3. The van der Waals surface area contributed by atoms with Gasteiger partial charge < -0.3 is 20.1 Å². The molecule has 1 fully saturated rings. The van der Waals surface area contributed by atoms with Gasteiger partial charge >= 0.3 is 0 Å². The summed E-state index contributed by atoms with van der Waals surface area (Å²) in [6.45, 7) is 9.96. The van der Waals surface area contributed by atoms with Crippen molar-refractivity contribution in [3.8, 4) is 11.5 Å². The fraction of sp³-hybridized carbons (Fsp3) is 0.611. The van der Waals surface area contributed by atoms with Gasteiger partial charge in [0.2, 0.25) is 5.91 Å². The van der Waals surface area contributed by atoms with Gasteiger partial charge in [0.1, 0.15) is 13.2 Å². The first kappa shape index (κ1) is 18.9. The summed E-state index contributed by atoms with van der Waals surface area (Å²) in [7, 11) is 0. The van der Waals surface area contributed by atoms with Crippen molar-refractivity contribution in [2.75, 3.05) is 32.8 Å². The molecule has 1 aromatic carbocycles. The summed E-state index contributed by atoms with van der Waals surface area (Å²) in [6, 6.07) is 6.04. The quantitative estimate of drug-likeness (QED) is 0.850. The molecule has 2 N–H and O–H groups in total. The van der Waals surface area contributed by atoms with Crippen LogP contribution in [0.2, 0.25) is 0 Å². The summed E-state index contributed by atoms with van der Waals surface area (Å²) in [5, 5.41) is 6.33. The molecule has 2 heterocycles. The molecule has 1 saturated heterocycles. The van der Waals surface area contributed by atoms with E-state index >= 15 is 0 Å². The topological polar surface area (TPSA) is 59.6 Å². The van der Waals surface area contributed by atoms with Gasteiger partial charge in [0, 0.05) is 17.9 Å². The van der Waals surface area contributed by atoms with Crippen LogP contribution in [0.5, 0.6) is 11.5 Å². The molecule has 0 radical (unpaired) electrons. The third-order valence-corrected chi connectivity index (χ3v) is 4.96. The van der Waals surface area contributed by atoms with E-state index in [2.05, 4.69) is 30.5 Å². The van der Waals surface area contributed by atoms with Crippen LogP contribution < -0.4 is 20.1 Å². The number of hydrogen-bond acceptors (Lipinski definition) is 4. The molecule has 0 spiro atoms. The molecule has 2 aliphatic heterocycles. The minimum Gasteiger partial charge on any atom is -0.486 e. The second-order valence-electron chi connectivity index (χ2n) is 7.17. The van der Waals surface area contributed by atoms with Crippen LogP contribution in [-0.4, -0.2) is 38.8 Å². The molecule has 1 unspecified atom stereocenters. The van der Waals surface area contributed by atoms with Crippen molar-refractivity contribution in [3.63, 3.8) is 0 Å². The van der Waals surface area contributed by atoms with E-state index in [-0.39, 0.29) is 29.6 Å². The number of ether oxygens (including phenoxy) is 2. The highest BCUT2D eigenvalue weighted by Crippen LogP contribution is 2.35. The van der Waals surface area contributed by atoms with Crippen LogP contribution in [0.1, 0.15) is 26.3 Å². The summed E-state index contributed by atoms with van der Waals surface area (Å²) < 4.78 is 11.2. The number of fused-ring (bicyclic) bond motifs is 1. The van der Waals surface area contributed by atoms with Crippen LogP contribution in [0, 0.1) is 11.8 Å². The molecular formula is C18H27ClN2O3. The highest BCUT2D eigenvalue weighted by atomic mass is 35.5. The Morgan fingerprint density at radius 1 is 1.29 bits per heavy atom. The predicted molar refractivity (Wildman–Crippen MR) is 96.2 cm³/mol. The monoisotopic (exact) mass is 354 g/mol. The Balaban J connectivity index is 0.00000208. The number of rotatable bonds is 5. The van der Waals surface area contributed by atoms with E-state index in [1.165, 1.54) is 0 Å². The Morgan fingerprint density at radius 3 is 2.58 bits per heavy atom. The van der Waals surface area contributed by atoms with Crippen molar-refractivity contribution in [2.45, 2.75) is 26.2 Å². The van der Waals surface area contributed by atoms with E-state index in [9.17, 15) is 4.79 Å². The Labute approximate surface area is 149 Å². The maximum absolute atomic E-state index is 12.3. The summed E-state index contributed by atoms with van der Waals surface area (Å²) in [5.74, 6) is 2.26. The zero-order valence-corrected chi connectivity index (χ0v) is 15.4. The Kier molecular flexibility index (Phi) is 5.99. The molecule has 134 valence electrons. The Bertz CT molecular complexity index is 588. The summed E-state index contributed by atoms with van der Waals surface area (Å²) in [5.41, 5.74) is 0.975. The number of carbonyl (C=O) groups is 1. The molecule has 0 bridgehead atoms. The van der Waals surface area contributed by atoms with Gasteiger partial charge in [-0.25, -0.2) is 0 Å². The SMILES string of the molecule is CC(C(=O)NCC(C)(C)c1ccc2c(c1)OCCO2)C1CNC1.Cl. The first-order chi connectivity index (χ1) is 11.0. The number of benzene rings is 1. The lowest BCUT2D eigenvalue weighted by Gasteiger charge is -2.33. The molecule has 2 aliphatic rings. The van der Waals surface area contributed by atoms with Gasteiger partial charge in [-0.3, -0.25) is 4.79 Å². The third kappa shape index (κ3) is 3.95. The fourth-order valence-electron chi connectivity index (χ4n) is 2.91. The van der Waals surface area contributed by atoms with E-state index in [1.807, 2.05) is 19.1 Å². The van der Waals surface area contributed by atoms with Crippen molar-refractivity contribution in [1.82, 2.24) is 10.6 Å². The molecule has 5 nitrogen and oxygen atoms in total. The van der Waals surface area contributed by atoms with E-state index in [1.54, 1.807) is 0 Å². The van der Waals surface area contributed by atoms with Gasteiger partial charge in [-0.2, -0.15) is 0 Å². The lowest BCUT2D eigenvalue weighted by molar-refractivity contribution is -0.126. The van der Waals surface area contributed by atoms with Gasteiger partial charge in [0.15, 0.2) is 11.5 Å². The predicted octanol–water partition coefficient (Wildman–Crippen LogP) is 2.13. The molecule has 6 heteroatoms. The largest absolute Gasteiger partial charge is 0.486 e. The van der Waals surface area contributed by atoms with Gasteiger partial charge in [-0.1, -0.05) is 26.8 Å². The number of halogens is 1. The average Bonchev–Trinajstić information content (AvgIpc) is 2.50. The van der Waals surface area contributed by atoms with Crippen LogP contribution >= 0.6 is 12.4 Å². The molecule has 1 atom stereocenters. The normalized spacial score (nSPS) is 18.1. The lowest BCUT2D eigenvalue weighted by Crippen LogP contribution is -2.50. The highest BCUT2D eigenvalue weighted by molar-refractivity contribution is 5.85. The third-order valence-electron chi connectivity index (χ3n) is 4.96. The number of amides is 1. The second-order valence-corrected chi connectivity index (χ2v) is 7.17. The summed E-state index contributed by atoms with van der Waals surface area (Å²) >= 11 is 0. The average molecular weight is 355 g/mol. The van der Waals surface area contributed by atoms with E-state index in [0.717, 1.165) is 30.2 Å². The zero-order valence-electron chi connectivity index (χ0n) is 14.6. The number of carbonyl (C=O) groups excluding carboxylic acids is 1. The van der Waals surface area contributed by atoms with Crippen molar-refractivity contribution < 1.29 is 14.3 Å². The van der Waals surface area contributed by atoms with Crippen LogP contribution in [0.3, 0.4) is 0 Å². The van der Waals surface area contributed by atoms with Crippen molar-refractivity contribution in [2.24, 2.45) is 11.8 Å². The lowest BCUT2D eigenvalue weighted by atomic mass is 9.83. The van der Waals surface area contributed by atoms with Gasteiger partial charge in [0.05, 0.1) is 0 Å². The van der Waals surface area contributed by atoms with Gasteiger partial charge in [-0.15, -0.1) is 12.4 Å². The number of nitrogens with one attached hydrogen (secondary N) is 2. The summed E-state index contributed by atoms with van der Waals surface area (Å²) in [4.78, 5) is 12.3. The summed E-state index contributed by atoms with van der Waals surface area (Å²) in [6.07, 6.45) is 0. The van der Waals surface area contributed by atoms with E-state index < -0.39 is 0 Å². The Hall–Kier alpha value is -1.46. The van der Waals surface area contributed by atoms with E-state index in [0.29, 0.717) is 25.7 Å². The molecule has 0 aromatic heterocycles. The van der Waals surface area contributed by atoms with E-state index in [4.69, 9.17) is 9.47 Å². The van der Waals surface area contributed by atoms with Crippen molar-refractivity contribution >= 4 is 18.3 Å².